The van der Waals surface area contributed by atoms with Crippen LogP contribution in [0, 0.1) is 0 Å². The Bertz CT molecular complexity index is 870. The van der Waals surface area contributed by atoms with E-state index in [2.05, 4.69) is 15.3 Å². The molecule has 1 aromatic carbocycles. The maximum Gasteiger partial charge on any atom is 0.245 e. The molecule has 24 heavy (non-hydrogen) atoms. The lowest BCUT2D eigenvalue weighted by Gasteiger charge is -2.19. The van der Waals surface area contributed by atoms with Crippen LogP contribution >= 0.6 is 34.8 Å². The van der Waals surface area contributed by atoms with Crippen molar-refractivity contribution < 1.29 is 8.42 Å². The number of anilines is 2. The molecule has 1 aliphatic heterocycles. The summed E-state index contributed by atoms with van der Waals surface area (Å²) in [6.45, 7) is 0.989. The number of hydrogen-bond donors (Lipinski definition) is 1. The largest absolute Gasteiger partial charge is 0.338 e. The molecule has 0 radical (unpaired) electrons. The summed E-state index contributed by atoms with van der Waals surface area (Å²) in [4.78, 5) is 7.82. The van der Waals surface area contributed by atoms with E-state index in [0.717, 1.165) is 12.8 Å². The Labute approximate surface area is 154 Å². The Morgan fingerprint density at radius 3 is 2.54 bits per heavy atom. The normalized spacial score (nSPS) is 15.6. The highest BCUT2D eigenvalue weighted by atomic mass is 35.5. The average molecular weight is 408 g/mol. The van der Waals surface area contributed by atoms with Gasteiger partial charge in [-0.1, -0.05) is 23.2 Å². The molecule has 0 amide bonds. The second-order valence-electron chi connectivity index (χ2n) is 5.21. The third-order valence-electron chi connectivity index (χ3n) is 3.59. The van der Waals surface area contributed by atoms with E-state index >= 15 is 0 Å². The van der Waals surface area contributed by atoms with Crippen LogP contribution < -0.4 is 5.32 Å². The second kappa shape index (κ2) is 7.01. The van der Waals surface area contributed by atoms with Gasteiger partial charge in [0, 0.05) is 18.1 Å². The molecule has 2 aromatic rings. The lowest BCUT2D eigenvalue weighted by Crippen LogP contribution is -2.28. The van der Waals surface area contributed by atoms with Gasteiger partial charge in [-0.05, 0) is 42.6 Å². The van der Waals surface area contributed by atoms with Crippen LogP contribution in [0.2, 0.25) is 15.3 Å². The van der Waals surface area contributed by atoms with E-state index in [0.29, 0.717) is 23.8 Å². The van der Waals surface area contributed by atoms with Gasteiger partial charge in [0.1, 0.15) is 9.92 Å². The van der Waals surface area contributed by atoms with E-state index in [-0.39, 0.29) is 21.0 Å². The number of halogens is 3. The maximum absolute atomic E-state index is 12.9. The Balaban J connectivity index is 2.04. The van der Waals surface area contributed by atoms with Crippen LogP contribution in [0.4, 0.5) is 11.5 Å². The van der Waals surface area contributed by atoms with E-state index in [1.165, 1.54) is 16.6 Å². The van der Waals surface area contributed by atoms with E-state index in [1.54, 1.807) is 12.1 Å². The minimum atomic E-state index is -3.67. The van der Waals surface area contributed by atoms with Crippen molar-refractivity contribution in [1.29, 1.82) is 0 Å². The third kappa shape index (κ3) is 3.60. The minimum Gasteiger partial charge on any atom is -0.338 e. The predicted octanol–water partition coefficient (Wildman–Crippen LogP) is 3.96. The maximum atomic E-state index is 12.9. The quantitative estimate of drug-likeness (QED) is 0.776. The molecule has 1 saturated heterocycles. The van der Waals surface area contributed by atoms with Crippen molar-refractivity contribution in [3.63, 3.8) is 0 Å². The SMILES string of the molecule is O=S(=O)(c1cc(Cl)ccc1Nc1nc(Cl)ncc1Cl)N1CCCC1. The highest BCUT2D eigenvalue weighted by Crippen LogP contribution is 2.33. The second-order valence-corrected chi connectivity index (χ2v) is 8.30. The van der Waals surface area contributed by atoms with Gasteiger partial charge in [-0.3, -0.25) is 0 Å². The first kappa shape index (κ1) is 17.7. The molecule has 1 aromatic heterocycles. The van der Waals surface area contributed by atoms with Crippen molar-refractivity contribution in [3.8, 4) is 0 Å². The summed E-state index contributed by atoms with van der Waals surface area (Å²) in [6.07, 6.45) is 3.02. The molecule has 2 heterocycles. The summed E-state index contributed by atoms with van der Waals surface area (Å²) in [5.41, 5.74) is 0.322. The minimum absolute atomic E-state index is 0.000173. The van der Waals surface area contributed by atoms with Gasteiger partial charge in [0.25, 0.3) is 0 Å². The summed E-state index contributed by atoms with van der Waals surface area (Å²) >= 11 is 17.8. The van der Waals surface area contributed by atoms with Crippen LogP contribution in [0.1, 0.15) is 12.8 Å². The first-order valence-electron chi connectivity index (χ1n) is 7.13. The fourth-order valence-electron chi connectivity index (χ4n) is 2.44. The summed E-state index contributed by atoms with van der Waals surface area (Å²) in [7, 11) is -3.67. The van der Waals surface area contributed by atoms with Gasteiger partial charge >= 0.3 is 0 Å². The molecule has 0 bridgehead atoms. The van der Waals surface area contributed by atoms with Gasteiger partial charge in [-0.25, -0.2) is 13.4 Å². The smallest absolute Gasteiger partial charge is 0.245 e. The number of benzene rings is 1. The lowest BCUT2D eigenvalue weighted by molar-refractivity contribution is 0.478. The zero-order valence-corrected chi connectivity index (χ0v) is 15.4. The molecular formula is C14H13Cl3N4O2S. The fraction of sp³-hybridized carbons (Fsp3) is 0.286. The molecule has 0 aliphatic carbocycles. The van der Waals surface area contributed by atoms with Crippen LogP contribution in [0.25, 0.3) is 0 Å². The third-order valence-corrected chi connectivity index (χ3v) is 6.23. The van der Waals surface area contributed by atoms with Crippen molar-refractivity contribution in [2.75, 3.05) is 18.4 Å². The van der Waals surface area contributed by atoms with E-state index in [9.17, 15) is 8.42 Å². The van der Waals surface area contributed by atoms with Crippen molar-refractivity contribution in [2.24, 2.45) is 0 Å². The van der Waals surface area contributed by atoms with Crippen LogP contribution in [-0.2, 0) is 10.0 Å². The summed E-state index contributed by atoms with van der Waals surface area (Å²) in [5, 5.41) is 3.45. The van der Waals surface area contributed by atoms with Gasteiger partial charge < -0.3 is 5.32 Å². The molecule has 128 valence electrons. The van der Waals surface area contributed by atoms with Gasteiger partial charge in [-0.2, -0.15) is 9.29 Å². The Morgan fingerprint density at radius 2 is 1.83 bits per heavy atom. The molecule has 0 spiro atoms. The molecule has 0 saturated carbocycles. The first-order valence-corrected chi connectivity index (χ1v) is 9.70. The highest BCUT2D eigenvalue weighted by Gasteiger charge is 2.30. The lowest BCUT2D eigenvalue weighted by atomic mass is 10.3. The standard InChI is InChI=1S/C14H13Cl3N4O2S/c15-9-3-4-11(19-13-10(16)8-18-14(17)20-13)12(7-9)24(22,23)21-5-1-2-6-21/h3-4,7-8H,1-2,5-6H2,(H,18,19,20). The summed E-state index contributed by atoms with van der Waals surface area (Å²) in [6, 6.07) is 4.56. The number of hydrogen-bond acceptors (Lipinski definition) is 5. The Morgan fingerprint density at radius 1 is 1.12 bits per heavy atom. The van der Waals surface area contributed by atoms with Crippen LogP contribution in [0.3, 0.4) is 0 Å². The van der Waals surface area contributed by atoms with Crippen molar-refractivity contribution in [2.45, 2.75) is 17.7 Å². The summed E-state index contributed by atoms with van der Waals surface area (Å²) < 4.78 is 27.2. The molecule has 1 fully saturated rings. The van der Waals surface area contributed by atoms with Crippen molar-refractivity contribution in [1.82, 2.24) is 14.3 Å². The number of aromatic nitrogens is 2. The van der Waals surface area contributed by atoms with E-state index in [4.69, 9.17) is 34.8 Å². The van der Waals surface area contributed by atoms with Crippen molar-refractivity contribution in [3.05, 3.63) is 39.7 Å². The molecule has 1 aliphatic rings. The van der Waals surface area contributed by atoms with Gasteiger partial charge in [0.2, 0.25) is 15.3 Å². The monoisotopic (exact) mass is 406 g/mol. The molecule has 0 unspecified atom stereocenters. The zero-order valence-electron chi connectivity index (χ0n) is 12.3. The van der Waals surface area contributed by atoms with Crippen LogP contribution in [0.15, 0.2) is 29.3 Å². The van der Waals surface area contributed by atoms with Gasteiger partial charge in [-0.15, -0.1) is 0 Å². The Kier molecular flexibility index (Phi) is 5.17. The van der Waals surface area contributed by atoms with Gasteiger partial charge in [0.05, 0.1) is 11.9 Å². The fourth-order valence-corrected chi connectivity index (χ4v) is 4.64. The van der Waals surface area contributed by atoms with Crippen LogP contribution in [-0.4, -0.2) is 35.8 Å². The molecule has 1 N–H and O–H groups in total. The predicted molar refractivity (Wildman–Crippen MR) is 94.8 cm³/mol. The molecule has 10 heteroatoms. The van der Waals surface area contributed by atoms with Crippen molar-refractivity contribution >= 4 is 56.3 Å². The first-order chi connectivity index (χ1) is 11.4. The number of sulfonamides is 1. The number of nitrogens with one attached hydrogen (secondary N) is 1. The molecule has 6 nitrogen and oxygen atoms in total. The van der Waals surface area contributed by atoms with Gasteiger partial charge in [0.15, 0.2) is 5.82 Å². The number of nitrogens with zero attached hydrogens (tertiary/aromatic N) is 3. The zero-order chi connectivity index (χ0) is 17.3. The molecule has 3 rings (SSSR count). The number of rotatable bonds is 4. The van der Waals surface area contributed by atoms with E-state index in [1.807, 2.05) is 0 Å². The Hall–Kier alpha value is -1.12. The van der Waals surface area contributed by atoms with Crippen LogP contribution in [0.5, 0.6) is 0 Å². The molecular weight excluding hydrogens is 395 g/mol. The highest BCUT2D eigenvalue weighted by molar-refractivity contribution is 7.89. The molecule has 0 atom stereocenters. The topological polar surface area (TPSA) is 75.2 Å². The van der Waals surface area contributed by atoms with E-state index < -0.39 is 10.0 Å². The summed E-state index contributed by atoms with van der Waals surface area (Å²) in [5.74, 6) is 0.219. The average Bonchev–Trinajstić information content (AvgIpc) is 3.07.